The molecule has 0 unspecified atom stereocenters. The van der Waals surface area contributed by atoms with E-state index in [-0.39, 0.29) is 23.1 Å². The molecule has 2 aliphatic carbocycles. The minimum Gasteiger partial charge on any atom is -0.489 e. The van der Waals surface area contributed by atoms with E-state index in [1.807, 2.05) is 12.1 Å². The van der Waals surface area contributed by atoms with Crippen molar-refractivity contribution in [1.29, 1.82) is 0 Å². The highest BCUT2D eigenvalue weighted by atomic mass is 35.5. The summed E-state index contributed by atoms with van der Waals surface area (Å²) in [5, 5.41) is 1.90. The fraction of sp³-hybridized carbons (Fsp3) is 0.400. The van der Waals surface area contributed by atoms with Gasteiger partial charge in [-0.2, -0.15) is 0 Å². The number of aromatic nitrogens is 1. The molecular weight excluding hydrogens is 396 g/mol. The van der Waals surface area contributed by atoms with Gasteiger partial charge in [-0.3, -0.25) is 4.79 Å². The summed E-state index contributed by atoms with van der Waals surface area (Å²) < 4.78 is 6.33. The first-order valence-corrected chi connectivity index (χ1v) is 11.2. The molecule has 0 amide bonds. The van der Waals surface area contributed by atoms with Crippen molar-refractivity contribution in [1.82, 2.24) is 4.98 Å². The molecule has 1 heterocycles. The summed E-state index contributed by atoms with van der Waals surface area (Å²) in [5.41, 5.74) is 8.08. The molecule has 2 fully saturated rings. The van der Waals surface area contributed by atoms with Gasteiger partial charge in [-0.05, 0) is 73.6 Å². The number of rotatable bonds is 5. The number of hydrogen-bond acceptors (Lipinski definition) is 3. The molecule has 30 heavy (non-hydrogen) atoms. The van der Waals surface area contributed by atoms with E-state index in [2.05, 4.69) is 35.3 Å². The van der Waals surface area contributed by atoms with E-state index in [1.165, 1.54) is 18.4 Å². The van der Waals surface area contributed by atoms with Crippen molar-refractivity contribution in [3.05, 3.63) is 75.7 Å². The van der Waals surface area contributed by atoms with Crippen LogP contribution < -0.4 is 16.0 Å². The van der Waals surface area contributed by atoms with Gasteiger partial charge in [-0.1, -0.05) is 41.9 Å². The van der Waals surface area contributed by atoms with E-state index < -0.39 is 0 Å². The van der Waals surface area contributed by atoms with Crippen molar-refractivity contribution in [3.63, 3.8) is 0 Å². The normalized spacial score (nSPS) is 25.2. The van der Waals surface area contributed by atoms with Crippen LogP contribution in [0.25, 0.3) is 10.8 Å². The Bertz CT molecular complexity index is 1100. The zero-order valence-corrected chi connectivity index (χ0v) is 17.7. The Labute approximate surface area is 181 Å². The van der Waals surface area contributed by atoms with Gasteiger partial charge in [0.25, 0.3) is 5.56 Å². The average Bonchev–Trinajstić information content (AvgIpc) is 3.61. The Morgan fingerprint density at radius 2 is 1.80 bits per heavy atom. The standard InChI is InChI=1S/C25H27ClN2O2/c26-21-15-20-17(10-13-28-24(20)29)14-22(21)30-19-8-11-25(12-9-19,23(27)16-6-7-16)18-4-2-1-3-5-18/h1-5,10,13-16,19,23H,6-9,11-12,27H2,(H,28,29)/t19-,23-,25-/m1/s1. The van der Waals surface area contributed by atoms with Crippen LogP contribution in [0.15, 0.2) is 59.5 Å². The van der Waals surface area contributed by atoms with Crippen LogP contribution in [0.3, 0.4) is 0 Å². The van der Waals surface area contributed by atoms with Crippen molar-refractivity contribution in [2.45, 2.75) is 56.1 Å². The number of aromatic amines is 1. The minimum absolute atomic E-state index is 0.0305. The van der Waals surface area contributed by atoms with Crippen LogP contribution in [0.2, 0.25) is 5.02 Å². The third-order valence-electron chi connectivity index (χ3n) is 7.06. The van der Waals surface area contributed by atoms with E-state index in [0.717, 1.165) is 31.1 Å². The van der Waals surface area contributed by atoms with Crippen LogP contribution in [0, 0.1) is 5.92 Å². The number of ether oxygens (including phenoxy) is 1. The molecule has 156 valence electrons. The molecule has 0 saturated heterocycles. The quantitative estimate of drug-likeness (QED) is 0.595. The van der Waals surface area contributed by atoms with Crippen LogP contribution in [-0.4, -0.2) is 17.1 Å². The molecule has 4 nitrogen and oxygen atoms in total. The SMILES string of the molecule is N[C@H](C1CC1)[C@]1(c2ccccc2)CC[C@@H](Oc2cc3cc[nH]c(=O)c3cc2Cl)CC1. The zero-order chi connectivity index (χ0) is 20.7. The maximum absolute atomic E-state index is 12.0. The van der Waals surface area contributed by atoms with Gasteiger partial charge < -0.3 is 15.5 Å². The minimum atomic E-state index is -0.139. The number of pyridine rings is 1. The molecule has 2 aromatic carbocycles. The lowest BCUT2D eigenvalue weighted by molar-refractivity contribution is 0.101. The number of hydrogen-bond donors (Lipinski definition) is 2. The molecule has 0 spiro atoms. The van der Waals surface area contributed by atoms with Crippen molar-refractivity contribution >= 4 is 22.4 Å². The first kappa shape index (κ1) is 19.7. The van der Waals surface area contributed by atoms with Crippen LogP contribution in [0.5, 0.6) is 5.75 Å². The Kier molecular flexibility index (Phi) is 5.08. The van der Waals surface area contributed by atoms with Gasteiger partial charge in [-0.15, -0.1) is 0 Å². The van der Waals surface area contributed by atoms with Crippen molar-refractivity contribution in [2.75, 3.05) is 0 Å². The van der Waals surface area contributed by atoms with E-state index in [1.54, 1.807) is 12.3 Å². The molecule has 3 N–H and O–H groups in total. The molecule has 0 bridgehead atoms. The first-order valence-electron chi connectivity index (χ1n) is 10.9. The van der Waals surface area contributed by atoms with Crippen LogP contribution in [0.4, 0.5) is 0 Å². The molecule has 1 atom stereocenters. The van der Waals surface area contributed by atoms with Crippen LogP contribution in [-0.2, 0) is 5.41 Å². The predicted molar refractivity (Wildman–Crippen MR) is 121 cm³/mol. The number of benzene rings is 2. The number of nitrogens with one attached hydrogen (secondary N) is 1. The molecule has 3 aromatic rings. The first-order chi connectivity index (χ1) is 14.6. The second-order valence-electron chi connectivity index (χ2n) is 8.88. The Morgan fingerprint density at radius 1 is 1.07 bits per heavy atom. The summed E-state index contributed by atoms with van der Waals surface area (Å²) in [6, 6.07) is 16.4. The highest BCUT2D eigenvalue weighted by molar-refractivity contribution is 6.32. The maximum Gasteiger partial charge on any atom is 0.255 e. The highest BCUT2D eigenvalue weighted by Crippen LogP contribution is 2.49. The smallest absolute Gasteiger partial charge is 0.255 e. The van der Waals surface area contributed by atoms with Gasteiger partial charge in [0.2, 0.25) is 0 Å². The summed E-state index contributed by atoms with van der Waals surface area (Å²) >= 11 is 6.45. The predicted octanol–water partition coefficient (Wildman–Crippen LogP) is 5.18. The lowest BCUT2D eigenvalue weighted by atomic mass is 9.63. The molecular formula is C25H27ClN2O2. The largest absolute Gasteiger partial charge is 0.489 e. The monoisotopic (exact) mass is 422 g/mol. The number of fused-ring (bicyclic) bond motifs is 1. The molecule has 5 heteroatoms. The number of H-pyrrole nitrogens is 1. The van der Waals surface area contributed by atoms with Crippen molar-refractivity contribution < 1.29 is 4.74 Å². The number of nitrogens with two attached hydrogens (primary N) is 1. The molecule has 5 rings (SSSR count). The van der Waals surface area contributed by atoms with Gasteiger partial charge >= 0.3 is 0 Å². The summed E-state index contributed by atoms with van der Waals surface area (Å²) in [5.74, 6) is 1.30. The number of halogens is 1. The Morgan fingerprint density at radius 3 is 2.50 bits per heavy atom. The molecule has 2 aliphatic rings. The average molecular weight is 423 g/mol. The summed E-state index contributed by atoms with van der Waals surface area (Å²) in [6.07, 6.45) is 8.18. The fourth-order valence-corrected chi connectivity index (χ4v) is 5.38. The Hall–Kier alpha value is -2.30. The van der Waals surface area contributed by atoms with Crippen LogP contribution in [0.1, 0.15) is 44.1 Å². The fourth-order valence-electron chi connectivity index (χ4n) is 5.17. The second kappa shape index (κ2) is 7.75. The summed E-state index contributed by atoms with van der Waals surface area (Å²) in [6.45, 7) is 0. The van der Waals surface area contributed by atoms with Crippen molar-refractivity contribution in [2.24, 2.45) is 11.7 Å². The molecule has 0 aliphatic heterocycles. The van der Waals surface area contributed by atoms with Gasteiger partial charge in [-0.25, -0.2) is 0 Å². The maximum atomic E-state index is 12.0. The lowest BCUT2D eigenvalue weighted by Crippen LogP contribution is -2.50. The third kappa shape index (κ3) is 3.52. The summed E-state index contributed by atoms with van der Waals surface area (Å²) in [7, 11) is 0. The van der Waals surface area contributed by atoms with Crippen LogP contribution >= 0.6 is 11.6 Å². The van der Waals surface area contributed by atoms with E-state index >= 15 is 0 Å². The second-order valence-corrected chi connectivity index (χ2v) is 9.29. The summed E-state index contributed by atoms with van der Waals surface area (Å²) in [4.78, 5) is 14.7. The zero-order valence-electron chi connectivity index (χ0n) is 16.9. The molecule has 2 saturated carbocycles. The van der Waals surface area contributed by atoms with Gasteiger partial charge in [0.05, 0.1) is 11.1 Å². The van der Waals surface area contributed by atoms with E-state index in [9.17, 15) is 4.79 Å². The highest BCUT2D eigenvalue weighted by Gasteiger charge is 2.47. The Balaban J connectivity index is 1.37. The van der Waals surface area contributed by atoms with Gasteiger partial charge in [0.15, 0.2) is 0 Å². The van der Waals surface area contributed by atoms with Gasteiger partial charge in [0, 0.05) is 23.0 Å². The molecule has 1 aromatic heterocycles. The van der Waals surface area contributed by atoms with Crippen molar-refractivity contribution in [3.8, 4) is 5.75 Å². The van der Waals surface area contributed by atoms with E-state index in [0.29, 0.717) is 22.1 Å². The molecule has 0 radical (unpaired) electrons. The van der Waals surface area contributed by atoms with Gasteiger partial charge in [0.1, 0.15) is 5.75 Å². The topological polar surface area (TPSA) is 68.1 Å². The lowest BCUT2D eigenvalue weighted by Gasteiger charge is -2.45. The third-order valence-corrected chi connectivity index (χ3v) is 7.36. The van der Waals surface area contributed by atoms with E-state index in [4.69, 9.17) is 22.1 Å².